The van der Waals surface area contributed by atoms with Crippen molar-refractivity contribution in [3.63, 3.8) is 0 Å². The van der Waals surface area contributed by atoms with E-state index in [9.17, 15) is 4.79 Å². The first kappa shape index (κ1) is 6.55. The SMILES string of the molecule is [2H]C(N)(CC(C)C)C(=O)O. The summed E-state index contributed by atoms with van der Waals surface area (Å²) in [5.74, 6) is -1.13. The van der Waals surface area contributed by atoms with Gasteiger partial charge in [-0.05, 0) is 12.3 Å². The normalized spacial score (nSPS) is 18.9. The van der Waals surface area contributed by atoms with E-state index in [1.54, 1.807) is 0 Å². The summed E-state index contributed by atoms with van der Waals surface area (Å²) >= 11 is 0. The lowest BCUT2D eigenvalue weighted by Gasteiger charge is -2.07. The number of carboxylic acids is 1. The molecule has 0 aliphatic carbocycles. The van der Waals surface area contributed by atoms with Crippen LogP contribution in [0, 0.1) is 5.92 Å². The molecule has 0 saturated heterocycles. The first-order valence-electron chi connectivity index (χ1n) is 3.38. The van der Waals surface area contributed by atoms with E-state index in [-0.39, 0.29) is 12.3 Å². The second-order valence-electron chi connectivity index (χ2n) is 2.43. The largest absolute Gasteiger partial charge is 0.480 e. The second-order valence-corrected chi connectivity index (χ2v) is 2.43. The second kappa shape index (κ2) is 3.45. The highest BCUT2D eigenvalue weighted by atomic mass is 16.4. The predicted octanol–water partition coefficient (Wildman–Crippen LogP) is 0.444. The fraction of sp³-hybridized carbons (Fsp3) is 0.833. The molecule has 0 aliphatic rings. The van der Waals surface area contributed by atoms with Crippen LogP contribution in [0.4, 0.5) is 0 Å². The van der Waals surface area contributed by atoms with Crippen LogP contribution < -0.4 is 5.73 Å². The van der Waals surface area contributed by atoms with Gasteiger partial charge >= 0.3 is 5.97 Å². The summed E-state index contributed by atoms with van der Waals surface area (Å²) in [7, 11) is 0. The molecule has 0 bridgehead atoms. The van der Waals surface area contributed by atoms with Gasteiger partial charge in [-0.2, -0.15) is 0 Å². The number of carboxylic acid groups (broad SMARTS) is 1. The van der Waals surface area contributed by atoms with Crippen LogP contribution in [-0.4, -0.2) is 17.1 Å². The molecular formula is C6H13NO2. The number of hydrogen-bond donors (Lipinski definition) is 2. The fourth-order valence-corrected chi connectivity index (χ4v) is 0.527. The van der Waals surface area contributed by atoms with E-state index in [4.69, 9.17) is 12.2 Å². The van der Waals surface area contributed by atoms with E-state index in [0.29, 0.717) is 0 Å². The Balaban J connectivity index is 4.00. The molecule has 0 rings (SSSR count). The summed E-state index contributed by atoms with van der Waals surface area (Å²) in [5.41, 5.74) is 5.13. The Labute approximate surface area is 56.3 Å². The topological polar surface area (TPSA) is 63.3 Å². The summed E-state index contributed by atoms with van der Waals surface area (Å²) in [5, 5.41) is 8.38. The van der Waals surface area contributed by atoms with Gasteiger partial charge in [0.1, 0.15) is 6.02 Å². The van der Waals surface area contributed by atoms with Crippen molar-refractivity contribution in [3.05, 3.63) is 0 Å². The van der Waals surface area contributed by atoms with Crippen molar-refractivity contribution in [1.82, 2.24) is 0 Å². The molecule has 0 amide bonds. The van der Waals surface area contributed by atoms with Crippen LogP contribution in [0.2, 0.25) is 0 Å². The Morgan fingerprint density at radius 3 is 2.44 bits per heavy atom. The van der Waals surface area contributed by atoms with Gasteiger partial charge in [0.25, 0.3) is 0 Å². The lowest BCUT2D eigenvalue weighted by atomic mass is 10.1. The molecule has 1 atom stereocenters. The number of nitrogens with two attached hydrogens (primary N) is 1. The molecule has 9 heavy (non-hydrogen) atoms. The Morgan fingerprint density at radius 1 is 1.89 bits per heavy atom. The lowest BCUT2D eigenvalue weighted by molar-refractivity contribution is -0.138. The fourth-order valence-electron chi connectivity index (χ4n) is 0.527. The predicted molar refractivity (Wildman–Crippen MR) is 35.1 cm³/mol. The van der Waals surface area contributed by atoms with Gasteiger partial charge in [0, 0.05) is 0 Å². The molecule has 0 aromatic carbocycles. The van der Waals surface area contributed by atoms with Crippen molar-refractivity contribution in [3.8, 4) is 0 Å². The minimum atomic E-state index is -1.81. The molecule has 0 spiro atoms. The molecule has 0 radical (unpaired) electrons. The van der Waals surface area contributed by atoms with E-state index in [2.05, 4.69) is 0 Å². The first-order valence-corrected chi connectivity index (χ1v) is 2.88. The van der Waals surface area contributed by atoms with Gasteiger partial charge in [0.05, 0.1) is 1.37 Å². The Hall–Kier alpha value is -0.570. The van der Waals surface area contributed by atoms with Crippen molar-refractivity contribution >= 4 is 5.97 Å². The zero-order valence-corrected chi connectivity index (χ0v) is 5.72. The summed E-state index contributed by atoms with van der Waals surface area (Å²) < 4.78 is 7.09. The molecule has 1 unspecified atom stereocenters. The molecule has 0 heterocycles. The van der Waals surface area contributed by atoms with Crippen molar-refractivity contribution in [2.24, 2.45) is 11.7 Å². The number of aliphatic carboxylic acids is 1. The van der Waals surface area contributed by atoms with Gasteiger partial charge in [0.2, 0.25) is 0 Å². The highest BCUT2D eigenvalue weighted by Crippen LogP contribution is 2.01. The molecule has 0 aromatic rings. The van der Waals surface area contributed by atoms with Crippen molar-refractivity contribution < 1.29 is 11.3 Å². The maximum Gasteiger partial charge on any atom is 0.320 e. The number of rotatable bonds is 3. The van der Waals surface area contributed by atoms with Crippen LogP contribution >= 0.6 is 0 Å². The zero-order valence-electron chi connectivity index (χ0n) is 6.72. The molecule has 54 valence electrons. The van der Waals surface area contributed by atoms with E-state index in [1.807, 2.05) is 13.8 Å². The standard InChI is InChI=1S/C6H13NO2/c1-4(2)3-5(7)6(8)9/h4-5H,3,7H2,1-2H3,(H,8,9)/i5D. The van der Waals surface area contributed by atoms with Crippen LogP contribution in [0.1, 0.15) is 21.6 Å². The third kappa shape index (κ3) is 3.97. The summed E-state index contributed by atoms with van der Waals surface area (Å²) in [4.78, 5) is 10.2. The van der Waals surface area contributed by atoms with Gasteiger partial charge in [-0.15, -0.1) is 0 Å². The molecule has 3 nitrogen and oxygen atoms in total. The Kier molecular flexibility index (Phi) is 2.51. The van der Waals surface area contributed by atoms with Crippen molar-refractivity contribution in [1.29, 1.82) is 0 Å². The van der Waals surface area contributed by atoms with Crippen LogP contribution in [0.25, 0.3) is 0 Å². The van der Waals surface area contributed by atoms with Gasteiger partial charge in [-0.3, -0.25) is 4.79 Å². The average molecular weight is 132 g/mol. The molecule has 0 fully saturated rings. The highest BCUT2D eigenvalue weighted by molar-refractivity contribution is 5.72. The third-order valence-electron chi connectivity index (χ3n) is 0.903. The highest BCUT2D eigenvalue weighted by Gasteiger charge is 2.11. The van der Waals surface area contributed by atoms with Crippen LogP contribution in [0.3, 0.4) is 0 Å². The number of hydrogen-bond acceptors (Lipinski definition) is 2. The quantitative estimate of drug-likeness (QED) is 0.585. The average Bonchev–Trinajstić information content (AvgIpc) is 1.60. The number of carbonyl (C=O) groups is 1. The van der Waals surface area contributed by atoms with Crippen molar-refractivity contribution in [2.75, 3.05) is 0 Å². The molecule has 0 saturated carbocycles. The van der Waals surface area contributed by atoms with E-state index in [1.165, 1.54) is 0 Å². The van der Waals surface area contributed by atoms with Gasteiger partial charge in [-0.25, -0.2) is 0 Å². The van der Waals surface area contributed by atoms with Gasteiger partial charge in [0.15, 0.2) is 0 Å². The summed E-state index contributed by atoms with van der Waals surface area (Å²) in [6, 6.07) is -1.81. The molecule has 0 aliphatic heterocycles. The van der Waals surface area contributed by atoms with Crippen LogP contribution in [0.5, 0.6) is 0 Å². The minimum Gasteiger partial charge on any atom is -0.480 e. The maximum atomic E-state index is 10.2. The lowest BCUT2D eigenvalue weighted by Crippen LogP contribution is -2.31. The molecular weight excluding hydrogens is 118 g/mol. The van der Waals surface area contributed by atoms with E-state index in [0.717, 1.165) is 0 Å². The van der Waals surface area contributed by atoms with Crippen LogP contribution in [-0.2, 0) is 4.79 Å². The molecule has 0 aromatic heterocycles. The smallest absolute Gasteiger partial charge is 0.320 e. The monoisotopic (exact) mass is 132 g/mol. The summed E-state index contributed by atoms with van der Waals surface area (Å²) in [6.07, 6.45) is 0.183. The molecule has 3 N–H and O–H groups in total. The molecule has 3 heteroatoms. The maximum absolute atomic E-state index is 10.2. The van der Waals surface area contributed by atoms with E-state index >= 15 is 0 Å². The zero-order chi connectivity index (χ0) is 8.36. The first-order chi connectivity index (χ1) is 4.36. The Morgan fingerprint density at radius 2 is 2.33 bits per heavy atom. The van der Waals surface area contributed by atoms with Crippen LogP contribution in [0.15, 0.2) is 0 Å². The minimum absolute atomic E-state index is 0.138. The van der Waals surface area contributed by atoms with Crippen molar-refractivity contribution in [2.45, 2.75) is 26.3 Å². The van der Waals surface area contributed by atoms with Gasteiger partial charge in [-0.1, -0.05) is 13.8 Å². The summed E-state index contributed by atoms with van der Waals surface area (Å²) in [6.45, 7) is 3.66. The van der Waals surface area contributed by atoms with E-state index < -0.39 is 12.0 Å². The van der Waals surface area contributed by atoms with Gasteiger partial charge < -0.3 is 10.8 Å². The third-order valence-corrected chi connectivity index (χ3v) is 0.903. The Bertz CT molecular complexity index is 134.